The van der Waals surface area contributed by atoms with Gasteiger partial charge < -0.3 is 67.9 Å². The molecular weight excluding hydrogens is 1010 g/mol. The van der Waals surface area contributed by atoms with Crippen LogP contribution < -0.4 is 39.5 Å². The molecule has 8 atom stereocenters. The van der Waals surface area contributed by atoms with Gasteiger partial charge >= 0.3 is 0 Å². The highest BCUT2D eigenvalue weighted by Crippen LogP contribution is 2.37. The summed E-state index contributed by atoms with van der Waals surface area (Å²) in [5.74, 6) is 4.64. The Kier molecular flexibility index (Phi) is 17.2. The standard InChI is InChI=1S/C29H29N3O6.C19H21NO4.C10H9ClN2O2/c1-33-23-12-21-22(13-24(23)34-2)30-17-31-29(21)32-19-8-10-20(11-9-19)38-26-16-37-27-25(15-36-28(26)27)35-14-18-6-4-3-5-7-18;20-14-6-8-15(9-7-14)24-17-12-23-18-16(11-22-19(17)18)21-10-13-4-2-1-3-5-13;1-14-8-3-6-7(4-9(8)15-2)12-5-13-10(6)11/h3-13,17,25-28H,14-16H2,1-2H3,(H,30,31,32);1-9,16-19H,10-12,20H2;3-5H,1-2H3/t25-,26?,27+,28+;16-,17?,18+,19+;/m00./s1. The van der Waals surface area contributed by atoms with Crippen molar-refractivity contribution in [3.05, 3.63) is 162 Å². The Morgan fingerprint density at radius 1 is 0.494 bits per heavy atom. The topological polar surface area (TPSA) is 200 Å². The number of fused-ring (bicyclic) bond motifs is 4. The summed E-state index contributed by atoms with van der Waals surface area (Å²) in [7, 11) is 6.35. The zero-order chi connectivity index (χ0) is 53.1. The van der Waals surface area contributed by atoms with E-state index in [9.17, 15) is 0 Å². The van der Waals surface area contributed by atoms with E-state index in [0.29, 0.717) is 73.6 Å². The van der Waals surface area contributed by atoms with Gasteiger partial charge in [-0.3, -0.25) is 0 Å². The van der Waals surface area contributed by atoms with Gasteiger partial charge in [0.1, 0.15) is 71.7 Å². The summed E-state index contributed by atoms with van der Waals surface area (Å²) in [4.78, 5) is 16.8. The van der Waals surface area contributed by atoms with E-state index in [1.807, 2.05) is 97.1 Å². The highest BCUT2D eigenvalue weighted by molar-refractivity contribution is 6.34. The SMILES string of the molecule is COc1cc2ncnc(Cl)c2cc1OC.COc1cc2ncnc(Nc3ccc(OC4CO[C@@H]5[C@@H](OCc6ccccc6)CO[C@H]45)cc3)c2cc1OC.Nc1ccc(OC2CO[C@@H]3[C@@H](OCc4ccccc4)CO[C@H]23)cc1. The van der Waals surface area contributed by atoms with E-state index >= 15 is 0 Å². The summed E-state index contributed by atoms with van der Waals surface area (Å²) < 4.78 is 69.3. The number of nitrogens with zero attached hydrogens (tertiary/aromatic N) is 4. The Morgan fingerprint density at radius 3 is 1.40 bits per heavy atom. The van der Waals surface area contributed by atoms with Gasteiger partial charge in [0.15, 0.2) is 35.2 Å². The van der Waals surface area contributed by atoms with Gasteiger partial charge in [-0.2, -0.15) is 0 Å². The lowest BCUT2D eigenvalue weighted by molar-refractivity contribution is -0.0425. The molecule has 2 unspecified atom stereocenters. The maximum atomic E-state index is 6.24. The van der Waals surface area contributed by atoms with Crippen LogP contribution in [0, 0.1) is 0 Å². The number of nitrogen functional groups attached to an aromatic ring is 1. The van der Waals surface area contributed by atoms with Gasteiger partial charge in [0.2, 0.25) is 0 Å². The minimum Gasteiger partial charge on any atom is -0.493 e. The Bertz CT molecular complexity index is 3190. The highest BCUT2D eigenvalue weighted by atomic mass is 35.5. The van der Waals surface area contributed by atoms with Gasteiger partial charge in [0, 0.05) is 34.3 Å². The number of ether oxygens (including phenoxy) is 12. The molecule has 4 aliphatic heterocycles. The fraction of sp³-hybridized carbons (Fsp3) is 0.310. The quantitative estimate of drug-likeness (QED) is 0.0684. The van der Waals surface area contributed by atoms with Crippen molar-refractivity contribution >= 4 is 50.6 Å². The smallest absolute Gasteiger partial charge is 0.162 e. The molecule has 0 bridgehead atoms. The lowest BCUT2D eigenvalue weighted by Crippen LogP contribution is -2.35. The van der Waals surface area contributed by atoms with Crippen molar-refractivity contribution in [2.24, 2.45) is 0 Å². The van der Waals surface area contributed by atoms with Crippen molar-refractivity contribution in [2.75, 3.05) is 65.9 Å². The molecule has 0 spiro atoms. The monoisotopic (exact) mass is 1070 g/mol. The third-order valence-corrected chi connectivity index (χ3v) is 13.6. The normalized spacial score (nSPS) is 21.9. The van der Waals surface area contributed by atoms with Crippen LogP contribution in [0.25, 0.3) is 21.8 Å². The number of hydrogen-bond donors (Lipinski definition) is 2. The number of hydrogen-bond acceptors (Lipinski definition) is 18. The zero-order valence-corrected chi connectivity index (χ0v) is 43.6. The molecule has 6 heterocycles. The third kappa shape index (κ3) is 12.7. The third-order valence-electron chi connectivity index (χ3n) is 13.3. The largest absolute Gasteiger partial charge is 0.493 e. The van der Waals surface area contributed by atoms with Crippen molar-refractivity contribution in [2.45, 2.75) is 62.0 Å². The molecular formula is C58H59ClN6O12. The van der Waals surface area contributed by atoms with Gasteiger partial charge in [-0.15, -0.1) is 0 Å². The summed E-state index contributed by atoms with van der Waals surface area (Å²) in [6, 6.07) is 42.5. The van der Waals surface area contributed by atoms with E-state index in [1.54, 1.807) is 40.6 Å². The number of nitrogens with one attached hydrogen (secondary N) is 1. The summed E-state index contributed by atoms with van der Waals surface area (Å²) in [6.45, 7) is 3.08. The number of nitrogens with two attached hydrogens (primary N) is 1. The summed E-state index contributed by atoms with van der Waals surface area (Å²) in [5, 5.41) is 5.33. The zero-order valence-electron chi connectivity index (χ0n) is 42.9. The molecule has 0 aliphatic carbocycles. The molecule has 4 fully saturated rings. The Morgan fingerprint density at radius 2 is 0.909 bits per heavy atom. The van der Waals surface area contributed by atoms with Crippen LogP contribution >= 0.6 is 11.6 Å². The van der Waals surface area contributed by atoms with Crippen LogP contribution in [0.3, 0.4) is 0 Å². The maximum Gasteiger partial charge on any atom is 0.162 e. The molecule has 8 aromatic rings. The van der Waals surface area contributed by atoms with E-state index < -0.39 is 0 Å². The van der Waals surface area contributed by atoms with Crippen molar-refractivity contribution in [3.63, 3.8) is 0 Å². The number of rotatable bonds is 16. The first-order chi connectivity index (χ1) is 37.8. The predicted octanol–water partition coefficient (Wildman–Crippen LogP) is 9.22. The second-order valence-electron chi connectivity index (χ2n) is 18.2. The molecule has 0 amide bonds. The van der Waals surface area contributed by atoms with E-state index in [-0.39, 0.29) is 48.8 Å². The first-order valence-corrected chi connectivity index (χ1v) is 25.4. The first-order valence-electron chi connectivity index (χ1n) is 25.0. The van der Waals surface area contributed by atoms with E-state index in [4.69, 9.17) is 74.2 Å². The van der Waals surface area contributed by atoms with Gasteiger partial charge in [0.05, 0.1) is 79.1 Å². The first kappa shape index (κ1) is 52.9. The van der Waals surface area contributed by atoms with Crippen LogP contribution in [0.2, 0.25) is 5.15 Å². The molecule has 18 nitrogen and oxygen atoms in total. The molecule has 77 heavy (non-hydrogen) atoms. The maximum absolute atomic E-state index is 6.24. The molecule has 0 saturated carbocycles. The predicted molar refractivity (Wildman–Crippen MR) is 289 cm³/mol. The Labute approximate surface area is 450 Å². The van der Waals surface area contributed by atoms with Crippen LogP contribution in [0.4, 0.5) is 17.2 Å². The fourth-order valence-electron chi connectivity index (χ4n) is 9.38. The Hall–Kier alpha value is -7.55. The van der Waals surface area contributed by atoms with Crippen molar-refractivity contribution in [1.29, 1.82) is 0 Å². The van der Waals surface area contributed by atoms with Crippen molar-refractivity contribution in [1.82, 2.24) is 19.9 Å². The van der Waals surface area contributed by atoms with Crippen LogP contribution in [0.1, 0.15) is 11.1 Å². The number of halogens is 1. The minimum absolute atomic E-state index is 0.0600. The lowest BCUT2D eigenvalue weighted by Gasteiger charge is -2.18. The van der Waals surface area contributed by atoms with Crippen LogP contribution in [-0.2, 0) is 41.6 Å². The van der Waals surface area contributed by atoms with Gasteiger partial charge in [0.25, 0.3) is 0 Å². The second kappa shape index (κ2) is 25.1. The number of benzene rings is 6. The van der Waals surface area contributed by atoms with Crippen LogP contribution in [-0.4, -0.2) is 124 Å². The lowest BCUT2D eigenvalue weighted by atomic mass is 10.1. The van der Waals surface area contributed by atoms with Gasteiger partial charge in [-0.25, -0.2) is 19.9 Å². The molecule has 3 N–H and O–H groups in total. The van der Waals surface area contributed by atoms with Crippen LogP contribution in [0.15, 0.2) is 146 Å². The molecule has 0 radical (unpaired) electrons. The number of methoxy groups -OCH3 is 4. The van der Waals surface area contributed by atoms with E-state index in [0.717, 1.165) is 55.8 Å². The molecule has 400 valence electrons. The number of anilines is 3. The molecule has 4 saturated heterocycles. The van der Waals surface area contributed by atoms with E-state index in [1.165, 1.54) is 12.7 Å². The molecule has 4 aliphatic rings. The Balaban J connectivity index is 0.000000146. The second-order valence-corrected chi connectivity index (χ2v) is 18.6. The summed E-state index contributed by atoms with van der Waals surface area (Å²) >= 11 is 5.93. The molecule has 12 rings (SSSR count). The van der Waals surface area contributed by atoms with Crippen molar-refractivity contribution in [3.8, 4) is 34.5 Å². The molecule has 19 heteroatoms. The van der Waals surface area contributed by atoms with Gasteiger partial charge in [-0.05, 0) is 71.8 Å². The average Bonchev–Trinajstić information content (AvgIpc) is 4.30. The molecule has 2 aromatic heterocycles. The molecule has 6 aromatic carbocycles. The van der Waals surface area contributed by atoms with Gasteiger partial charge in [-0.1, -0.05) is 72.3 Å². The van der Waals surface area contributed by atoms with Crippen LogP contribution in [0.5, 0.6) is 34.5 Å². The van der Waals surface area contributed by atoms with E-state index in [2.05, 4.69) is 49.5 Å². The fourth-order valence-corrected chi connectivity index (χ4v) is 9.58. The van der Waals surface area contributed by atoms with Crippen molar-refractivity contribution < 1.29 is 56.8 Å². The number of aromatic nitrogens is 4. The summed E-state index contributed by atoms with van der Waals surface area (Å²) in [5.41, 5.74) is 11.0. The highest BCUT2D eigenvalue weighted by Gasteiger charge is 2.50. The summed E-state index contributed by atoms with van der Waals surface area (Å²) in [6.07, 6.45) is 1.98. The minimum atomic E-state index is -0.197. The average molecular weight is 1070 g/mol.